The van der Waals surface area contributed by atoms with Gasteiger partial charge in [0, 0.05) is 31.0 Å². The molecule has 0 spiro atoms. The van der Waals surface area contributed by atoms with Gasteiger partial charge in [0.2, 0.25) is 0 Å². The number of anilines is 2. The number of hydrogen-bond donors (Lipinski definition) is 1. The Morgan fingerprint density at radius 3 is 2.82 bits per heavy atom. The van der Waals surface area contributed by atoms with Gasteiger partial charge in [-0.05, 0) is 37.3 Å². The Kier molecular flexibility index (Phi) is 5.06. The van der Waals surface area contributed by atoms with Crippen LogP contribution in [0.15, 0.2) is 49.2 Å². The van der Waals surface area contributed by atoms with Crippen molar-refractivity contribution >= 4 is 17.4 Å². The molecule has 1 amide bonds. The van der Waals surface area contributed by atoms with Crippen molar-refractivity contribution in [1.82, 2.24) is 19.5 Å². The number of imidazole rings is 1. The summed E-state index contributed by atoms with van der Waals surface area (Å²) in [6.07, 6.45) is 7.30. The fourth-order valence-electron chi connectivity index (χ4n) is 3.51. The zero-order chi connectivity index (χ0) is 19.5. The van der Waals surface area contributed by atoms with E-state index in [0.717, 1.165) is 30.2 Å². The lowest BCUT2D eigenvalue weighted by Gasteiger charge is -2.31. The monoisotopic (exact) mass is 376 g/mol. The Morgan fingerprint density at radius 2 is 2.00 bits per heavy atom. The van der Waals surface area contributed by atoms with E-state index >= 15 is 0 Å². The lowest BCUT2D eigenvalue weighted by molar-refractivity contribution is 0.102. The van der Waals surface area contributed by atoms with Gasteiger partial charge in [0.25, 0.3) is 5.91 Å². The topological polar surface area (TPSA) is 75.9 Å². The Balaban J connectivity index is 1.52. The molecule has 1 fully saturated rings. The second-order valence-corrected chi connectivity index (χ2v) is 7.36. The van der Waals surface area contributed by atoms with Crippen LogP contribution in [-0.4, -0.2) is 38.5 Å². The predicted molar refractivity (Wildman–Crippen MR) is 109 cm³/mol. The van der Waals surface area contributed by atoms with Crippen LogP contribution >= 0.6 is 0 Å². The highest BCUT2D eigenvalue weighted by atomic mass is 16.1. The first-order valence-corrected chi connectivity index (χ1v) is 9.58. The molecule has 1 aromatic carbocycles. The van der Waals surface area contributed by atoms with Crippen LogP contribution in [0.2, 0.25) is 0 Å². The number of aryl methyl sites for hydroxylation is 1. The smallest absolute Gasteiger partial charge is 0.275 e. The molecule has 0 radical (unpaired) electrons. The number of carbonyl (C=O) groups is 1. The minimum atomic E-state index is -0.243. The summed E-state index contributed by atoms with van der Waals surface area (Å²) in [7, 11) is 0. The van der Waals surface area contributed by atoms with Crippen LogP contribution < -0.4 is 10.2 Å². The van der Waals surface area contributed by atoms with E-state index in [2.05, 4.69) is 32.1 Å². The number of rotatable bonds is 4. The van der Waals surface area contributed by atoms with Crippen molar-refractivity contribution in [1.29, 1.82) is 0 Å². The summed E-state index contributed by atoms with van der Waals surface area (Å²) in [5.41, 5.74) is 2.13. The molecule has 3 heterocycles. The molecule has 4 rings (SSSR count). The van der Waals surface area contributed by atoms with Crippen molar-refractivity contribution < 1.29 is 4.79 Å². The van der Waals surface area contributed by atoms with Gasteiger partial charge >= 0.3 is 0 Å². The quantitative estimate of drug-likeness (QED) is 0.755. The van der Waals surface area contributed by atoms with Crippen LogP contribution in [0.25, 0.3) is 5.82 Å². The zero-order valence-corrected chi connectivity index (χ0v) is 16.2. The number of amides is 1. The largest absolute Gasteiger partial charge is 0.356 e. The van der Waals surface area contributed by atoms with Crippen LogP contribution in [0.4, 0.5) is 11.5 Å². The van der Waals surface area contributed by atoms with Gasteiger partial charge in [-0.1, -0.05) is 25.1 Å². The van der Waals surface area contributed by atoms with Crippen molar-refractivity contribution in [3.63, 3.8) is 0 Å². The summed E-state index contributed by atoms with van der Waals surface area (Å²) >= 11 is 0. The minimum Gasteiger partial charge on any atom is -0.356 e. The van der Waals surface area contributed by atoms with Crippen LogP contribution in [0.1, 0.15) is 35.8 Å². The molecule has 0 aliphatic carbocycles. The maximum absolute atomic E-state index is 12.5. The maximum atomic E-state index is 12.5. The second-order valence-electron chi connectivity index (χ2n) is 7.36. The highest BCUT2D eigenvalue weighted by Gasteiger charge is 2.18. The molecule has 7 nitrogen and oxygen atoms in total. The molecule has 1 aliphatic heterocycles. The fraction of sp³-hybridized carbons (Fsp3) is 0.333. The summed E-state index contributed by atoms with van der Waals surface area (Å²) in [4.78, 5) is 27.9. The van der Waals surface area contributed by atoms with Crippen molar-refractivity contribution in [2.45, 2.75) is 26.7 Å². The number of aromatic nitrogens is 4. The third-order valence-electron chi connectivity index (χ3n) is 5.09. The second kappa shape index (κ2) is 7.80. The number of piperidine rings is 1. The van der Waals surface area contributed by atoms with E-state index in [1.54, 1.807) is 23.4 Å². The maximum Gasteiger partial charge on any atom is 0.275 e. The minimum absolute atomic E-state index is 0.243. The van der Waals surface area contributed by atoms with Gasteiger partial charge in [-0.3, -0.25) is 9.36 Å². The third kappa shape index (κ3) is 3.88. The first-order chi connectivity index (χ1) is 13.6. The van der Waals surface area contributed by atoms with Crippen molar-refractivity contribution in [2.24, 2.45) is 5.92 Å². The molecule has 2 aromatic heterocycles. The molecule has 144 valence electrons. The average molecular weight is 376 g/mol. The Bertz CT molecular complexity index is 982. The van der Waals surface area contributed by atoms with Gasteiger partial charge in [0.05, 0.1) is 0 Å². The van der Waals surface area contributed by atoms with Crippen LogP contribution in [0.5, 0.6) is 0 Å². The molecule has 1 N–H and O–H groups in total. The zero-order valence-electron chi connectivity index (χ0n) is 16.2. The summed E-state index contributed by atoms with van der Waals surface area (Å²) < 4.78 is 1.76. The van der Waals surface area contributed by atoms with E-state index in [-0.39, 0.29) is 5.91 Å². The van der Waals surface area contributed by atoms with E-state index in [4.69, 9.17) is 0 Å². The van der Waals surface area contributed by atoms with E-state index in [1.165, 1.54) is 12.8 Å². The van der Waals surface area contributed by atoms with Gasteiger partial charge < -0.3 is 10.2 Å². The van der Waals surface area contributed by atoms with Gasteiger partial charge in [0.1, 0.15) is 30.0 Å². The summed E-state index contributed by atoms with van der Waals surface area (Å²) in [6, 6.07) is 9.61. The highest BCUT2D eigenvalue weighted by Crippen LogP contribution is 2.22. The summed E-state index contributed by atoms with van der Waals surface area (Å²) in [5.74, 6) is 2.03. The number of benzene rings is 1. The summed E-state index contributed by atoms with van der Waals surface area (Å²) in [6.45, 7) is 6.24. The van der Waals surface area contributed by atoms with Crippen LogP contribution in [0, 0.1) is 12.8 Å². The van der Waals surface area contributed by atoms with Gasteiger partial charge in [-0.25, -0.2) is 15.0 Å². The van der Waals surface area contributed by atoms with E-state index in [1.807, 2.05) is 37.3 Å². The molecule has 3 aromatic rings. The van der Waals surface area contributed by atoms with Crippen LogP contribution in [0.3, 0.4) is 0 Å². The van der Waals surface area contributed by atoms with Crippen LogP contribution in [-0.2, 0) is 0 Å². The lowest BCUT2D eigenvalue weighted by Crippen LogP contribution is -2.34. The Labute approximate surface area is 164 Å². The fourth-order valence-corrected chi connectivity index (χ4v) is 3.51. The van der Waals surface area contributed by atoms with Crippen molar-refractivity contribution in [3.8, 4) is 5.82 Å². The normalized spacial score (nSPS) is 16.8. The molecular formula is C21H24N6O. The Morgan fingerprint density at radius 1 is 1.18 bits per heavy atom. The van der Waals surface area contributed by atoms with Gasteiger partial charge in [-0.15, -0.1) is 0 Å². The standard InChI is InChI=1S/C21H24N6O/c1-15-6-5-9-26(11-15)19-10-20(23-13-22-19)27-12-18(24-14-27)21(28)25-17-8-4-3-7-16(17)2/h3-4,7-8,10,12-15H,5-6,9,11H2,1-2H3,(H,25,28). The van der Waals surface area contributed by atoms with Crippen molar-refractivity contribution in [2.75, 3.05) is 23.3 Å². The number of para-hydroxylation sites is 1. The lowest BCUT2D eigenvalue weighted by atomic mass is 10.0. The molecule has 0 saturated carbocycles. The van der Waals surface area contributed by atoms with Gasteiger partial charge in [-0.2, -0.15) is 0 Å². The molecule has 1 atom stereocenters. The molecule has 1 aliphatic rings. The van der Waals surface area contributed by atoms with E-state index < -0.39 is 0 Å². The third-order valence-corrected chi connectivity index (χ3v) is 5.09. The van der Waals surface area contributed by atoms with E-state index in [9.17, 15) is 4.79 Å². The molecule has 0 bridgehead atoms. The van der Waals surface area contributed by atoms with E-state index in [0.29, 0.717) is 17.4 Å². The Hall–Kier alpha value is -3.22. The molecule has 28 heavy (non-hydrogen) atoms. The number of nitrogens with one attached hydrogen (secondary N) is 1. The molecule has 1 unspecified atom stereocenters. The highest BCUT2D eigenvalue weighted by molar-refractivity contribution is 6.03. The SMILES string of the molecule is Cc1ccccc1NC(=O)c1cn(-c2cc(N3CCCC(C)C3)ncn2)cn1. The molecule has 1 saturated heterocycles. The molecule has 7 heteroatoms. The number of carbonyl (C=O) groups excluding carboxylic acids is 1. The number of hydrogen-bond acceptors (Lipinski definition) is 5. The molecular weight excluding hydrogens is 352 g/mol. The van der Waals surface area contributed by atoms with Crippen molar-refractivity contribution in [3.05, 3.63) is 60.4 Å². The first kappa shape index (κ1) is 18.2. The predicted octanol–water partition coefficient (Wildman–Crippen LogP) is 3.46. The number of nitrogens with zero attached hydrogens (tertiary/aromatic N) is 5. The summed E-state index contributed by atoms with van der Waals surface area (Å²) in [5, 5.41) is 2.90. The first-order valence-electron chi connectivity index (χ1n) is 9.58. The average Bonchev–Trinajstić information content (AvgIpc) is 3.20. The van der Waals surface area contributed by atoms with Gasteiger partial charge in [0.15, 0.2) is 0 Å².